The number of amides is 1. The molecule has 0 fully saturated rings. The lowest BCUT2D eigenvalue weighted by Crippen LogP contribution is -2.34. The van der Waals surface area contributed by atoms with Crippen LogP contribution in [0.2, 0.25) is 0 Å². The number of nitro groups is 1. The van der Waals surface area contributed by atoms with Crippen LogP contribution in [0.15, 0.2) is 24.3 Å². The molecule has 1 aromatic rings. The summed E-state index contributed by atoms with van der Waals surface area (Å²) in [5.74, 6) is -0.346. The Hall–Kier alpha value is -2.46. The van der Waals surface area contributed by atoms with Crippen molar-refractivity contribution in [3.8, 4) is 6.07 Å². The molecule has 1 aromatic carbocycles. The molecule has 1 rings (SSSR count). The molecule has 1 amide bonds. The highest BCUT2D eigenvalue weighted by molar-refractivity contribution is 5.94. The van der Waals surface area contributed by atoms with Gasteiger partial charge in [0.25, 0.3) is 11.6 Å². The van der Waals surface area contributed by atoms with Crippen LogP contribution in [0.1, 0.15) is 16.8 Å². The molecular weight excluding hydrogens is 262 g/mol. The fraction of sp³-hybridized carbons (Fsp3) is 0.385. The number of nitrogens with zero attached hydrogens (tertiary/aromatic N) is 3. The first-order valence-electron chi connectivity index (χ1n) is 5.99. The van der Waals surface area contributed by atoms with Crippen LogP contribution in [0.25, 0.3) is 0 Å². The highest BCUT2D eigenvalue weighted by Gasteiger charge is 2.17. The third-order valence-corrected chi connectivity index (χ3v) is 2.65. The smallest absolute Gasteiger partial charge is 0.270 e. The van der Waals surface area contributed by atoms with E-state index >= 15 is 0 Å². The number of carbonyl (C=O) groups is 1. The average molecular weight is 277 g/mol. The predicted molar refractivity (Wildman–Crippen MR) is 71.1 cm³/mol. The van der Waals surface area contributed by atoms with Crippen LogP contribution in [0.5, 0.6) is 0 Å². The minimum Gasteiger partial charge on any atom is -0.383 e. The van der Waals surface area contributed by atoms with E-state index in [4.69, 9.17) is 10.00 Å². The van der Waals surface area contributed by atoms with Gasteiger partial charge < -0.3 is 9.64 Å². The summed E-state index contributed by atoms with van der Waals surface area (Å²) < 4.78 is 4.92. The Morgan fingerprint density at radius 1 is 1.50 bits per heavy atom. The number of ether oxygens (including phenoxy) is 1. The van der Waals surface area contributed by atoms with Gasteiger partial charge in [0.05, 0.1) is 24.0 Å². The lowest BCUT2D eigenvalue weighted by molar-refractivity contribution is -0.384. The largest absolute Gasteiger partial charge is 0.383 e. The third-order valence-electron chi connectivity index (χ3n) is 2.65. The number of methoxy groups -OCH3 is 1. The number of non-ortho nitro benzene ring substituents is 1. The molecule has 0 heterocycles. The van der Waals surface area contributed by atoms with Gasteiger partial charge in [-0.1, -0.05) is 6.07 Å². The molecule has 7 heteroatoms. The molecule has 0 aliphatic rings. The number of hydrogen-bond donors (Lipinski definition) is 0. The number of nitro benzene ring substituents is 1. The molecular formula is C13H15N3O4. The molecule has 0 aromatic heterocycles. The standard InChI is InChI=1S/C13H15N3O4/c1-20-9-8-15(7-3-6-14)13(17)11-4-2-5-12(10-11)16(18)19/h2,4-5,10H,3,7-9H2,1H3. The number of rotatable bonds is 7. The van der Waals surface area contributed by atoms with Crippen molar-refractivity contribution in [2.75, 3.05) is 26.8 Å². The Kier molecular flexibility index (Phi) is 6.13. The van der Waals surface area contributed by atoms with Crippen LogP contribution in [-0.2, 0) is 4.74 Å². The summed E-state index contributed by atoms with van der Waals surface area (Å²) in [5.41, 5.74) is 0.0936. The summed E-state index contributed by atoms with van der Waals surface area (Å²) in [6, 6.07) is 7.50. The molecule has 0 spiro atoms. The molecule has 106 valence electrons. The van der Waals surface area contributed by atoms with E-state index in [2.05, 4.69) is 0 Å². The number of benzene rings is 1. The zero-order valence-corrected chi connectivity index (χ0v) is 11.1. The molecule has 0 aliphatic heterocycles. The number of hydrogen-bond acceptors (Lipinski definition) is 5. The van der Waals surface area contributed by atoms with Gasteiger partial charge in [0.15, 0.2) is 0 Å². The van der Waals surface area contributed by atoms with Gasteiger partial charge in [-0.2, -0.15) is 5.26 Å². The van der Waals surface area contributed by atoms with Gasteiger partial charge in [0, 0.05) is 37.9 Å². The van der Waals surface area contributed by atoms with Crippen molar-refractivity contribution in [3.05, 3.63) is 39.9 Å². The van der Waals surface area contributed by atoms with Crippen molar-refractivity contribution in [2.45, 2.75) is 6.42 Å². The maximum Gasteiger partial charge on any atom is 0.270 e. The summed E-state index contributed by atoms with van der Waals surface area (Å²) in [6.45, 7) is 0.938. The minimum atomic E-state index is -0.550. The second-order valence-corrected chi connectivity index (χ2v) is 4.00. The van der Waals surface area contributed by atoms with Crippen molar-refractivity contribution in [1.29, 1.82) is 5.26 Å². The first kappa shape index (κ1) is 15.6. The monoisotopic (exact) mass is 277 g/mol. The highest BCUT2D eigenvalue weighted by Crippen LogP contribution is 2.15. The Morgan fingerprint density at radius 2 is 2.25 bits per heavy atom. The first-order chi connectivity index (χ1) is 9.60. The fourth-order valence-corrected chi connectivity index (χ4v) is 1.64. The second kappa shape index (κ2) is 7.86. The van der Waals surface area contributed by atoms with E-state index in [1.807, 2.05) is 6.07 Å². The quantitative estimate of drug-likeness (QED) is 0.557. The lowest BCUT2D eigenvalue weighted by Gasteiger charge is -2.21. The maximum absolute atomic E-state index is 12.3. The van der Waals surface area contributed by atoms with Gasteiger partial charge in [0.1, 0.15) is 0 Å². The Labute approximate surface area is 116 Å². The molecule has 0 radical (unpaired) electrons. The summed E-state index contributed by atoms with van der Waals surface area (Å²) in [7, 11) is 1.51. The summed E-state index contributed by atoms with van der Waals surface area (Å²) in [5, 5.41) is 19.3. The lowest BCUT2D eigenvalue weighted by atomic mass is 10.1. The van der Waals surface area contributed by atoms with Crippen LogP contribution in [-0.4, -0.2) is 42.5 Å². The van der Waals surface area contributed by atoms with Crippen LogP contribution in [0.4, 0.5) is 5.69 Å². The van der Waals surface area contributed by atoms with E-state index in [1.54, 1.807) is 0 Å². The highest BCUT2D eigenvalue weighted by atomic mass is 16.6. The first-order valence-corrected chi connectivity index (χ1v) is 5.99. The Morgan fingerprint density at radius 3 is 2.85 bits per heavy atom. The zero-order valence-electron chi connectivity index (χ0n) is 11.1. The van der Waals surface area contributed by atoms with Gasteiger partial charge in [0.2, 0.25) is 0 Å². The topological polar surface area (TPSA) is 96.5 Å². The minimum absolute atomic E-state index is 0.136. The molecule has 7 nitrogen and oxygen atoms in total. The molecule has 0 bridgehead atoms. The van der Waals surface area contributed by atoms with Crippen molar-refractivity contribution in [1.82, 2.24) is 4.90 Å². The molecule has 0 atom stereocenters. The average Bonchev–Trinajstić information content (AvgIpc) is 2.47. The number of carbonyl (C=O) groups excluding carboxylic acids is 1. The molecule has 0 N–H and O–H groups in total. The SMILES string of the molecule is COCCN(CCC#N)C(=O)c1cccc([N+](=O)[O-])c1. The molecule has 20 heavy (non-hydrogen) atoms. The van der Waals surface area contributed by atoms with E-state index in [9.17, 15) is 14.9 Å². The van der Waals surface area contributed by atoms with Crippen LogP contribution in [0.3, 0.4) is 0 Å². The van der Waals surface area contributed by atoms with E-state index in [1.165, 1.54) is 36.3 Å². The number of nitriles is 1. The summed E-state index contributed by atoms with van der Waals surface area (Å²) in [4.78, 5) is 23.9. The van der Waals surface area contributed by atoms with E-state index in [0.29, 0.717) is 13.2 Å². The molecule has 0 saturated carbocycles. The Bertz CT molecular complexity index is 525. The van der Waals surface area contributed by atoms with Crippen molar-refractivity contribution < 1.29 is 14.5 Å². The van der Waals surface area contributed by atoms with Gasteiger partial charge in [-0.25, -0.2) is 0 Å². The molecule has 0 aliphatic carbocycles. The van der Waals surface area contributed by atoms with Gasteiger partial charge in [-0.15, -0.1) is 0 Å². The predicted octanol–water partition coefficient (Wildman–Crippen LogP) is 1.60. The van der Waals surface area contributed by atoms with Gasteiger partial charge in [-0.3, -0.25) is 14.9 Å². The van der Waals surface area contributed by atoms with E-state index < -0.39 is 4.92 Å². The zero-order chi connectivity index (χ0) is 15.0. The van der Waals surface area contributed by atoms with Crippen molar-refractivity contribution >= 4 is 11.6 Å². The maximum atomic E-state index is 12.3. The van der Waals surface area contributed by atoms with Gasteiger partial charge >= 0.3 is 0 Å². The Balaban J connectivity index is 2.90. The normalized spacial score (nSPS) is 9.80. The summed E-state index contributed by atoms with van der Waals surface area (Å²) >= 11 is 0. The third kappa shape index (κ3) is 4.33. The van der Waals surface area contributed by atoms with Crippen molar-refractivity contribution in [2.24, 2.45) is 0 Å². The summed E-state index contributed by atoms with van der Waals surface area (Å²) in [6.07, 6.45) is 0.199. The van der Waals surface area contributed by atoms with Crippen LogP contribution < -0.4 is 0 Å². The van der Waals surface area contributed by atoms with E-state index in [0.717, 1.165) is 0 Å². The fourth-order valence-electron chi connectivity index (χ4n) is 1.64. The molecule has 0 saturated heterocycles. The van der Waals surface area contributed by atoms with Crippen LogP contribution in [0, 0.1) is 21.4 Å². The second-order valence-electron chi connectivity index (χ2n) is 4.00. The van der Waals surface area contributed by atoms with E-state index in [-0.39, 0.29) is 30.1 Å². The molecule has 0 unspecified atom stereocenters. The van der Waals surface area contributed by atoms with Crippen LogP contribution >= 0.6 is 0 Å². The van der Waals surface area contributed by atoms with Gasteiger partial charge in [-0.05, 0) is 6.07 Å². The van der Waals surface area contributed by atoms with Crippen molar-refractivity contribution in [3.63, 3.8) is 0 Å².